The van der Waals surface area contributed by atoms with Gasteiger partial charge in [0.2, 0.25) is 0 Å². The van der Waals surface area contributed by atoms with Crippen LogP contribution in [0.5, 0.6) is 0 Å². The average Bonchev–Trinajstić information content (AvgIpc) is 3.37. The first-order valence-corrected chi connectivity index (χ1v) is 12.5. The van der Waals surface area contributed by atoms with E-state index in [9.17, 15) is 4.79 Å². The van der Waals surface area contributed by atoms with Crippen molar-refractivity contribution in [1.29, 1.82) is 0 Å². The second kappa shape index (κ2) is 8.09. The summed E-state index contributed by atoms with van der Waals surface area (Å²) in [6, 6.07) is 27.8. The van der Waals surface area contributed by atoms with Crippen LogP contribution in [0, 0.1) is 0 Å². The zero-order valence-corrected chi connectivity index (χ0v) is 19.4. The van der Waals surface area contributed by atoms with Crippen molar-refractivity contribution < 1.29 is 9.53 Å². The predicted octanol–water partition coefficient (Wildman–Crippen LogP) is 6.80. The van der Waals surface area contributed by atoms with Crippen molar-refractivity contribution in [3.63, 3.8) is 0 Å². The zero-order chi connectivity index (χ0) is 23.4. The van der Waals surface area contributed by atoms with Crippen molar-refractivity contribution in [2.75, 3.05) is 6.61 Å². The van der Waals surface area contributed by atoms with Crippen molar-refractivity contribution in [3.05, 3.63) is 108 Å². The highest BCUT2D eigenvalue weighted by atomic mass is 16.6. The molecule has 1 fully saturated rings. The Hall–Kier alpha value is -3.92. The molecule has 3 aliphatic rings. The van der Waals surface area contributed by atoms with E-state index >= 15 is 0 Å². The van der Waals surface area contributed by atoms with Gasteiger partial charge >= 0.3 is 6.09 Å². The van der Waals surface area contributed by atoms with Gasteiger partial charge in [-0.15, -0.1) is 0 Å². The van der Waals surface area contributed by atoms with Crippen LogP contribution in [0.25, 0.3) is 27.6 Å². The first kappa shape index (κ1) is 20.5. The van der Waals surface area contributed by atoms with Gasteiger partial charge in [-0.3, -0.25) is 9.88 Å². The lowest BCUT2D eigenvalue weighted by molar-refractivity contribution is 0.0866. The number of hydrogen-bond acceptors (Lipinski definition) is 3. The van der Waals surface area contributed by atoms with E-state index in [1.807, 2.05) is 17.2 Å². The summed E-state index contributed by atoms with van der Waals surface area (Å²) in [5.41, 5.74) is 8.52. The van der Waals surface area contributed by atoms with Crippen LogP contribution in [0.2, 0.25) is 0 Å². The Kier molecular flexibility index (Phi) is 4.73. The van der Waals surface area contributed by atoms with Crippen LogP contribution in [0.15, 0.2) is 91.1 Å². The van der Waals surface area contributed by atoms with Crippen molar-refractivity contribution in [1.82, 2.24) is 9.88 Å². The number of aromatic nitrogens is 1. The molecule has 172 valence electrons. The van der Waals surface area contributed by atoms with Gasteiger partial charge in [0.15, 0.2) is 0 Å². The van der Waals surface area contributed by atoms with E-state index in [4.69, 9.17) is 4.74 Å². The highest BCUT2D eigenvalue weighted by molar-refractivity contribution is 5.84. The summed E-state index contributed by atoms with van der Waals surface area (Å²) in [5, 5.41) is 1.15. The Bertz CT molecular complexity index is 1440. The number of fused-ring (bicyclic) bond motifs is 6. The summed E-state index contributed by atoms with van der Waals surface area (Å²) in [7, 11) is 0. The van der Waals surface area contributed by atoms with Gasteiger partial charge < -0.3 is 4.74 Å². The maximum Gasteiger partial charge on any atom is 0.410 e. The first-order valence-electron chi connectivity index (χ1n) is 12.5. The van der Waals surface area contributed by atoms with E-state index in [0.717, 1.165) is 30.2 Å². The molecule has 1 saturated heterocycles. The summed E-state index contributed by atoms with van der Waals surface area (Å²) in [4.78, 5) is 19.8. The Balaban J connectivity index is 1.11. The van der Waals surface area contributed by atoms with Crippen molar-refractivity contribution >= 4 is 22.6 Å². The molecule has 1 amide bonds. The fourth-order valence-electron chi connectivity index (χ4n) is 6.26. The number of ether oxygens (including phenoxy) is 1. The molecule has 1 aromatic heterocycles. The third-order valence-electron chi connectivity index (χ3n) is 7.92. The number of nitrogens with zero attached hydrogens (tertiary/aromatic N) is 2. The van der Waals surface area contributed by atoms with Gasteiger partial charge in [-0.25, -0.2) is 4.79 Å². The van der Waals surface area contributed by atoms with Crippen molar-refractivity contribution in [2.24, 2.45) is 0 Å². The van der Waals surface area contributed by atoms with Crippen LogP contribution in [0.1, 0.15) is 41.9 Å². The fourth-order valence-corrected chi connectivity index (χ4v) is 6.26. The quantitative estimate of drug-likeness (QED) is 0.339. The van der Waals surface area contributed by atoms with E-state index in [-0.39, 0.29) is 24.1 Å². The van der Waals surface area contributed by atoms with Crippen LogP contribution in [-0.2, 0) is 4.74 Å². The van der Waals surface area contributed by atoms with Gasteiger partial charge in [0.25, 0.3) is 0 Å². The molecule has 7 rings (SSSR count). The van der Waals surface area contributed by atoms with E-state index < -0.39 is 0 Å². The molecule has 0 spiro atoms. The zero-order valence-electron chi connectivity index (χ0n) is 19.4. The summed E-state index contributed by atoms with van der Waals surface area (Å²) >= 11 is 0. The standard InChI is InChI=1S/C31H26N2O2/c34-31(35-19-29-27-9-3-1-7-25(27)26-8-2-4-10-28(26)29)33-23-13-14-24(33)17-22(16-23)21-12-11-20-6-5-15-32-30(20)18-21/h1-12,15-16,18,23-24,29H,13-14,17,19H2. The molecule has 4 nitrogen and oxygen atoms in total. The minimum atomic E-state index is -0.185. The van der Waals surface area contributed by atoms with Gasteiger partial charge in [-0.05, 0) is 64.8 Å². The smallest absolute Gasteiger partial charge is 0.410 e. The minimum absolute atomic E-state index is 0.0880. The fraction of sp³-hybridized carbons (Fsp3) is 0.226. The normalized spacial score (nSPS) is 20.5. The number of hydrogen-bond donors (Lipinski definition) is 0. The molecule has 0 saturated carbocycles. The maximum absolute atomic E-state index is 13.3. The molecular formula is C31H26N2O2. The monoisotopic (exact) mass is 458 g/mol. The second-order valence-corrected chi connectivity index (χ2v) is 9.82. The molecule has 0 N–H and O–H groups in total. The lowest BCUT2D eigenvalue weighted by atomic mass is 9.94. The largest absolute Gasteiger partial charge is 0.448 e. The van der Waals surface area contributed by atoms with Gasteiger partial charge in [-0.1, -0.05) is 72.8 Å². The van der Waals surface area contributed by atoms with Gasteiger partial charge in [0.05, 0.1) is 11.6 Å². The lowest BCUT2D eigenvalue weighted by Gasteiger charge is -2.33. The number of carbonyl (C=O) groups is 1. The molecule has 4 heteroatoms. The third-order valence-corrected chi connectivity index (χ3v) is 7.92. The van der Waals surface area contributed by atoms with Gasteiger partial charge in [0.1, 0.15) is 6.61 Å². The Labute approximate surface area is 204 Å². The molecule has 4 aromatic rings. The molecule has 2 atom stereocenters. The second-order valence-electron chi connectivity index (χ2n) is 9.82. The number of rotatable bonds is 3. The predicted molar refractivity (Wildman–Crippen MR) is 138 cm³/mol. The summed E-state index contributed by atoms with van der Waals surface area (Å²) in [5.74, 6) is 0.0880. The molecule has 1 aliphatic carbocycles. The van der Waals surface area contributed by atoms with E-state index in [1.54, 1.807) is 0 Å². The number of benzene rings is 3. The van der Waals surface area contributed by atoms with E-state index in [0.29, 0.717) is 6.61 Å². The summed E-state index contributed by atoms with van der Waals surface area (Å²) in [6.07, 6.45) is 6.79. The molecule has 3 heterocycles. The Morgan fingerprint density at radius 3 is 2.46 bits per heavy atom. The van der Waals surface area contributed by atoms with E-state index in [2.05, 4.69) is 83.9 Å². The summed E-state index contributed by atoms with van der Waals surface area (Å²) < 4.78 is 6.01. The highest BCUT2D eigenvalue weighted by Crippen LogP contribution is 2.45. The number of pyridine rings is 1. The van der Waals surface area contributed by atoms with E-state index in [1.165, 1.54) is 33.4 Å². The molecule has 35 heavy (non-hydrogen) atoms. The maximum atomic E-state index is 13.3. The van der Waals surface area contributed by atoms with Crippen LogP contribution in [0.3, 0.4) is 0 Å². The first-order chi connectivity index (χ1) is 17.3. The van der Waals surface area contributed by atoms with Crippen LogP contribution >= 0.6 is 0 Å². The van der Waals surface area contributed by atoms with Crippen LogP contribution in [-0.4, -0.2) is 34.7 Å². The SMILES string of the molecule is O=C(OCC1c2ccccc2-c2ccccc21)N1C2C=C(c3ccc4cccnc4c3)CC1CC2. The van der Waals surface area contributed by atoms with Crippen LogP contribution < -0.4 is 0 Å². The summed E-state index contributed by atoms with van der Waals surface area (Å²) in [6.45, 7) is 0.371. The van der Waals surface area contributed by atoms with Gasteiger partial charge in [0, 0.05) is 23.5 Å². The van der Waals surface area contributed by atoms with Crippen molar-refractivity contribution in [3.8, 4) is 11.1 Å². The van der Waals surface area contributed by atoms with Crippen LogP contribution in [0.4, 0.5) is 4.79 Å². The average molecular weight is 459 g/mol. The number of amides is 1. The third kappa shape index (κ3) is 3.35. The van der Waals surface area contributed by atoms with Crippen molar-refractivity contribution in [2.45, 2.75) is 37.3 Å². The Morgan fingerprint density at radius 1 is 0.914 bits per heavy atom. The molecule has 0 radical (unpaired) electrons. The molecule has 2 bridgehead atoms. The Morgan fingerprint density at radius 2 is 1.69 bits per heavy atom. The molecular weight excluding hydrogens is 432 g/mol. The lowest BCUT2D eigenvalue weighted by Crippen LogP contribution is -2.43. The molecule has 2 aliphatic heterocycles. The molecule has 2 unspecified atom stereocenters. The molecule has 3 aromatic carbocycles. The topological polar surface area (TPSA) is 42.4 Å². The number of carbonyl (C=O) groups excluding carboxylic acids is 1. The van der Waals surface area contributed by atoms with Gasteiger partial charge in [-0.2, -0.15) is 0 Å². The highest BCUT2D eigenvalue weighted by Gasteiger charge is 2.41. The minimum Gasteiger partial charge on any atom is -0.448 e.